The third kappa shape index (κ3) is 6.64. The van der Waals surface area contributed by atoms with Crippen LogP contribution in [0.1, 0.15) is 19.4 Å². The smallest absolute Gasteiger partial charge is 0.439 e. The van der Waals surface area contributed by atoms with Gasteiger partial charge in [0, 0.05) is 6.07 Å². The number of halogens is 5. The second kappa shape index (κ2) is 10.8. The molecule has 0 spiro atoms. The number of amides is 1. The Balaban J connectivity index is 2.25. The van der Waals surface area contributed by atoms with Gasteiger partial charge < -0.3 is 19.5 Å². The van der Waals surface area contributed by atoms with Gasteiger partial charge in [-0.1, -0.05) is 29.3 Å². The van der Waals surface area contributed by atoms with Crippen molar-refractivity contribution in [1.29, 1.82) is 0 Å². The number of ether oxygens (including phenoxy) is 3. The maximum atomic E-state index is 12.9. The van der Waals surface area contributed by atoms with Crippen LogP contribution in [-0.4, -0.2) is 35.7 Å². The lowest BCUT2D eigenvalue weighted by atomic mass is 10.2. The van der Waals surface area contributed by atoms with E-state index in [9.17, 15) is 32.9 Å². The summed E-state index contributed by atoms with van der Waals surface area (Å²) in [5.41, 5.74) is -3.73. The number of alkyl halides is 3. The van der Waals surface area contributed by atoms with Gasteiger partial charge in [-0.05, 0) is 31.2 Å². The van der Waals surface area contributed by atoms with Crippen LogP contribution in [0.3, 0.4) is 0 Å². The quantitative estimate of drug-likeness (QED) is 0.215. The first-order valence-corrected chi connectivity index (χ1v) is 10.1. The molecule has 0 bridgehead atoms. The van der Waals surface area contributed by atoms with Gasteiger partial charge >= 0.3 is 23.8 Å². The van der Waals surface area contributed by atoms with Crippen LogP contribution in [0, 0.1) is 10.1 Å². The lowest BCUT2D eigenvalue weighted by Crippen LogP contribution is -2.55. The first-order valence-electron chi connectivity index (χ1n) is 9.39. The molecule has 184 valence electrons. The Morgan fingerprint density at radius 2 is 1.71 bits per heavy atom. The number of benzene rings is 2. The van der Waals surface area contributed by atoms with Crippen molar-refractivity contribution in [3.63, 3.8) is 0 Å². The van der Waals surface area contributed by atoms with Crippen LogP contribution in [0.2, 0.25) is 10.0 Å². The highest BCUT2D eigenvalue weighted by molar-refractivity contribution is 6.37. The van der Waals surface area contributed by atoms with Gasteiger partial charge in [0.1, 0.15) is 18.0 Å². The number of nitrogens with zero attached hydrogens (tertiary/aromatic N) is 1. The molecule has 0 aliphatic rings. The molecule has 0 saturated carbocycles. The molecule has 1 N–H and O–H groups in total. The Bertz CT molecular complexity index is 1080. The van der Waals surface area contributed by atoms with Gasteiger partial charge in [-0.25, -0.2) is 0 Å². The van der Waals surface area contributed by atoms with E-state index < -0.39 is 50.9 Å². The lowest BCUT2D eigenvalue weighted by Gasteiger charge is -2.21. The third-order valence-corrected chi connectivity index (χ3v) is 4.70. The molecule has 2 aromatic rings. The van der Waals surface area contributed by atoms with E-state index in [0.29, 0.717) is 12.1 Å². The van der Waals surface area contributed by atoms with Gasteiger partial charge in [0.15, 0.2) is 5.75 Å². The molecule has 9 nitrogen and oxygen atoms in total. The van der Waals surface area contributed by atoms with Crippen LogP contribution in [-0.2, 0) is 20.5 Å². The molecule has 2 aromatic carbocycles. The summed E-state index contributed by atoms with van der Waals surface area (Å²) in [5, 5.41) is 12.8. The van der Waals surface area contributed by atoms with Crippen LogP contribution < -0.4 is 14.8 Å². The Hall–Kier alpha value is -3.25. The van der Waals surface area contributed by atoms with Crippen LogP contribution >= 0.6 is 23.2 Å². The molecule has 14 heteroatoms. The third-order valence-electron chi connectivity index (χ3n) is 4.14. The minimum absolute atomic E-state index is 0.0530. The van der Waals surface area contributed by atoms with Crippen molar-refractivity contribution in [3.05, 3.63) is 62.1 Å². The molecule has 0 aliphatic carbocycles. The average molecular weight is 525 g/mol. The molecule has 1 atom stereocenters. The van der Waals surface area contributed by atoms with Crippen molar-refractivity contribution in [2.45, 2.75) is 25.7 Å². The number of hydrogen-bond acceptors (Lipinski definition) is 7. The number of esters is 1. The number of nitrogens with one attached hydrogen (secondary N) is 1. The Morgan fingerprint density at radius 3 is 2.24 bits per heavy atom. The zero-order valence-corrected chi connectivity index (χ0v) is 19.1. The standard InChI is InChI=1S/C20H17Cl2F3N2O7/c1-3-32-16(28)10-26-18(29)19(2,27(30)31)34-13-6-4-5-12(9-13)33-17-14(21)7-11(8-15(17)22)20(23,24)25/h4-9H,3,10H2,1-2H3,(H,26,29). The topological polar surface area (TPSA) is 117 Å². The van der Waals surface area contributed by atoms with Crippen LogP contribution in [0.4, 0.5) is 13.2 Å². The van der Waals surface area contributed by atoms with Crippen LogP contribution in [0.25, 0.3) is 0 Å². The number of carbonyl (C=O) groups excluding carboxylic acids is 2. The summed E-state index contributed by atoms with van der Waals surface area (Å²) in [6.07, 6.45) is -4.68. The molecule has 0 fully saturated rings. The highest BCUT2D eigenvalue weighted by atomic mass is 35.5. The minimum Gasteiger partial charge on any atom is -0.465 e. The number of rotatable bonds is 9. The summed E-state index contributed by atoms with van der Waals surface area (Å²) in [4.78, 5) is 34.3. The number of nitro groups is 1. The largest absolute Gasteiger partial charge is 0.465 e. The zero-order chi connectivity index (χ0) is 25.7. The second-order valence-corrected chi connectivity index (χ2v) is 7.49. The second-order valence-electron chi connectivity index (χ2n) is 6.67. The minimum atomic E-state index is -4.68. The van der Waals surface area contributed by atoms with Crippen molar-refractivity contribution in [2.24, 2.45) is 0 Å². The van der Waals surface area contributed by atoms with E-state index >= 15 is 0 Å². The number of carbonyl (C=O) groups is 2. The Labute approximate surface area is 200 Å². The van der Waals surface area contributed by atoms with E-state index in [-0.39, 0.29) is 23.9 Å². The van der Waals surface area contributed by atoms with Gasteiger partial charge in [0.05, 0.1) is 34.1 Å². The van der Waals surface area contributed by atoms with E-state index in [0.717, 1.165) is 13.0 Å². The van der Waals surface area contributed by atoms with Crippen molar-refractivity contribution in [1.82, 2.24) is 5.32 Å². The molecular formula is C20H17Cl2F3N2O7. The fraction of sp³-hybridized carbons (Fsp3) is 0.300. The Morgan fingerprint density at radius 1 is 1.12 bits per heavy atom. The summed E-state index contributed by atoms with van der Waals surface area (Å²) >= 11 is 11.8. The van der Waals surface area contributed by atoms with Crippen molar-refractivity contribution in [2.75, 3.05) is 13.2 Å². The van der Waals surface area contributed by atoms with Gasteiger partial charge in [-0.2, -0.15) is 13.2 Å². The first kappa shape index (κ1) is 27.0. The molecule has 0 heterocycles. The number of hydrogen-bond donors (Lipinski definition) is 1. The molecule has 34 heavy (non-hydrogen) atoms. The SMILES string of the molecule is CCOC(=O)CNC(=O)C(C)(Oc1cccc(Oc2c(Cl)cc(C(F)(F)F)cc2Cl)c1)[N+](=O)[O-]. The normalized spacial score (nSPS) is 12.9. The van der Waals surface area contributed by atoms with E-state index in [1.165, 1.54) is 18.2 Å². The van der Waals surface area contributed by atoms with E-state index in [1.807, 2.05) is 0 Å². The van der Waals surface area contributed by atoms with Crippen molar-refractivity contribution < 1.29 is 41.9 Å². The molecule has 0 saturated heterocycles. The van der Waals surface area contributed by atoms with E-state index in [2.05, 4.69) is 10.1 Å². The summed E-state index contributed by atoms with van der Waals surface area (Å²) in [6, 6.07) is 6.34. The van der Waals surface area contributed by atoms with Crippen LogP contribution in [0.15, 0.2) is 36.4 Å². The molecular weight excluding hydrogens is 508 g/mol. The molecule has 1 amide bonds. The zero-order valence-electron chi connectivity index (χ0n) is 17.6. The molecule has 0 radical (unpaired) electrons. The first-order chi connectivity index (χ1) is 15.8. The fourth-order valence-corrected chi connectivity index (χ4v) is 3.03. The predicted octanol–water partition coefficient (Wildman–Crippen LogP) is 4.86. The van der Waals surface area contributed by atoms with Crippen molar-refractivity contribution >= 4 is 35.1 Å². The molecule has 1 unspecified atom stereocenters. The lowest BCUT2D eigenvalue weighted by molar-refractivity contribution is -0.591. The highest BCUT2D eigenvalue weighted by Crippen LogP contribution is 2.42. The monoisotopic (exact) mass is 524 g/mol. The van der Waals surface area contributed by atoms with Crippen LogP contribution in [0.5, 0.6) is 17.2 Å². The van der Waals surface area contributed by atoms with E-state index in [4.69, 9.17) is 32.7 Å². The Kier molecular flexibility index (Phi) is 8.56. The summed E-state index contributed by atoms with van der Waals surface area (Å²) in [5.74, 6) is -2.59. The molecule has 0 aliphatic heterocycles. The summed E-state index contributed by atoms with van der Waals surface area (Å²) < 4.78 is 54.0. The maximum Gasteiger partial charge on any atom is 0.439 e. The van der Waals surface area contributed by atoms with Gasteiger partial charge in [0.25, 0.3) is 0 Å². The maximum absolute atomic E-state index is 12.9. The van der Waals surface area contributed by atoms with Gasteiger partial charge in [-0.15, -0.1) is 0 Å². The summed E-state index contributed by atoms with van der Waals surface area (Å²) in [6.45, 7) is 1.85. The predicted molar refractivity (Wildman–Crippen MR) is 114 cm³/mol. The average Bonchev–Trinajstić information content (AvgIpc) is 2.74. The van der Waals surface area contributed by atoms with Crippen molar-refractivity contribution in [3.8, 4) is 17.2 Å². The highest BCUT2D eigenvalue weighted by Gasteiger charge is 2.49. The van der Waals surface area contributed by atoms with E-state index in [1.54, 1.807) is 6.92 Å². The van der Waals surface area contributed by atoms with Gasteiger partial charge in [0.2, 0.25) is 0 Å². The fourth-order valence-electron chi connectivity index (χ4n) is 2.46. The summed E-state index contributed by atoms with van der Waals surface area (Å²) in [7, 11) is 0. The van der Waals surface area contributed by atoms with Gasteiger partial charge in [-0.3, -0.25) is 19.7 Å². The molecule has 2 rings (SSSR count). The molecule has 0 aromatic heterocycles.